The molecule has 0 aliphatic heterocycles. The first-order valence-electron chi connectivity index (χ1n) is 3.18. The molecule has 0 saturated carbocycles. The van der Waals surface area contributed by atoms with Gasteiger partial charge in [-0.2, -0.15) is 0 Å². The van der Waals surface area contributed by atoms with E-state index >= 15 is 0 Å². The summed E-state index contributed by atoms with van der Waals surface area (Å²) in [4.78, 5) is 14.5. The number of carbonyl (C=O) groups is 1. The molecule has 1 aromatic heterocycles. The normalized spacial score (nSPS) is 9.55. The van der Waals surface area contributed by atoms with Crippen molar-refractivity contribution in [2.24, 2.45) is 11.5 Å². The molecular weight excluding hydrogens is 142 g/mol. The molecule has 58 valence electrons. The van der Waals surface area contributed by atoms with E-state index in [1.165, 1.54) is 6.20 Å². The van der Waals surface area contributed by atoms with Crippen LogP contribution in [0.1, 0.15) is 15.9 Å². The Balaban J connectivity index is 3.12. The van der Waals surface area contributed by atoms with Gasteiger partial charge in [0.2, 0.25) is 0 Å². The Kier molecular flexibility index (Phi) is 2.18. The summed E-state index contributed by atoms with van der Waals surface area (Å²) < 4.78 is 0. The van der Waals surface area contributed by atoms with Gasteiger partial charge in [-0.05, 0) is 11.6 Å². The van der Waals surface area contributed by atoms with E-state index in [0.29, 0.717) is 12.1 Å². The van der Waals surface area contributed by atoms with Crippen LogP contribution >= 0.6 is 0 Å². The van der Waals surface area contributed by atoms with Gasteiger partial charge < -0.3 is 11.5 Å². The number of nitrogens with two attached hydrogens (primary N) is 2. The number of amides is 1. The molecule has 0 spiro atoms. The second-order valence-electron chi connectivity index (χ2n) is 2.10. The molecule has 0 fully saturated rings. The molecule has 0 atom stereocenters. The van der Waals surface area contributed by atoms with E-state index < -0.39 is 5.91 Å². The molecule has 0 saturated heterocycles. The van der Waals surface area contributed by atoms with Crippen molar-refractivity contribution in [1.82, 2.24) is 4.98 Å². The standard InChI is InChI=1S/C7H9N3O/c8-3-5-1-2-10-4-6(5)7(9)11/h1-2,4H,3,8H2,(H2,9,11). The minimum Gasteiger partial charge on any atom is -0.366 e. The van der Waals surface area contributed by atoms with Crippen LogP contribution in [0, 0.1) is 0 Å². The molecule has 1 rings (SSSR count). The largest absolute Gasteiger partial charge is 0.366 e. The highest BCUT2D eigenvalue weighted by Crippen LogP contribution is 2.03. The maximum Gasteiger partial charge on any atom is 0.250 e. The van der Waals surface area contributed by atoms with Gasteiger partial charge in [0.15, 0.2) is 0 Å². The van der Waals surface area contributed by atoms with Crippen molar-refractivity contribution in [3.05, 3.63) is 29.6 Å². The lowest BCUT2D eigenvalue weighted by Crippen LogP contribution is -2.15. The lowest BCUT2D eigenvalue weighted by Gasteiger charge is -2.00. The molecule has 0 aliphatic carbocycles. The SMILES string of the molecule is NCc1ccncc1C(N)=O. The molecule has 4 heteroatoms. The minimum absolute atomic E-state index is 0.306. The second-order valence-corrected chi connectivity index (χ2v) is 2.10. The molecule has 4 nitrogen and oxygen atoms in total. The Hall–Kier alpha value is -1.42. The zero-order valence-corrected chi connectivity index (χ0v) is 5.95. The first-order chi connectivity index (χ1) is 5.25. The van der Waals surface area contributed by atoms with Gasteiger partial charge in [-0.25, -0.2) is 0 Å². The van der Waals surface area contributed by atoms with E-state index in [-0.39, 0.29) is 0 Å². The summed E-state index contributed by atoms with van der Waals surface area (Å²) in [7, 11) is 0. The smallest absolute Gasteiger partial charge is 0.250 e. The van der Waals surface area contributed by atoms with E-state index in [2.05, 4.69) is 4.98 Å². The fourth-order valence-electron chi connectivity index (χ4n) is 0.823. The summed E-state index contributed by atoms with van der Waals surface area (Å²) in [5.74, 6) is -0.487. The summed E-state index contributed by atoms with van der Waals surface area (Å²) in [5, 5.41) is 0. The van der Waals surface area contributed by atoms with Crippen LogP contribution in [-0.4, -0.2) is 10.9 Å². The van der Waals surface area contributed by atoms with Crippen molar-refractivity contribution >= 4 is 5.91 Å². The highest BCUT2D eigenvalue weighted by molar-refractivity contribution is 5.93. The third kappa shape index (κ3) is 1.53. The molecule has 0 aromatic carbocycles. The van der Waals surface area contributed by atoms with Crippen LogP contribution < -0.4 is 11.5 Å². The quantitative estimate of drug-likeness (QED) is 0.605. The van der Waals surface area contributed by atoms with Gasteiger partial charge in [-0.1, -0.05) is 0 Å². The Morgan fingerprint density at radius 1 is 1.64 bits per heavy atom. The summed E-state index contributed by atoms with van der Waals surface area (Å²) in [5.41, 5.74) is 11.5. The molecule has 0 radical (unpaired) electrons. The molecule has 11 heavy (non-hydrogen) atoms. The van der Waals surface area contributed by atoms with E-state index in [9.17, 15) is 4.79 Å². The maximum absolute atomic E-state index is 10.7. The van der Waals surface area contributed by atoms with Crippen LogP contribution in [0.3, 0.4) is 0 Å². The number of pyridine rings is 1. The van der Waals surface area contributed by atoms with Crippen LogP contribution in [0.15, 0.2) is 18.5 Å². The Labute approximate surface area is 64.2 Å². The lowest BCUT2D eigenvalue weighted by atomic mass is 10.1. The molecule has 1 heterocycles. The third-order valence-electron chi connectivity index (χ3n) is 1.40. The molecular formula is C7H9N3O. The minimum atomic E-state index is -0.487. The summed E-state index contributed by atoms with van der Waals surface area (Å²) in [6.45, 7) is 0.306. The number of aromatic nitrogens is 1. The monoisotopic (exact) mass is 151 g/mol. The van der Waals surface area contributed by atoms with Gasteiger partial charge in [-0.3, -0.25) is 9.78 Å². The maximum atomic E-state index is 10.7. The van der Waals surface area contributed by atoms with Crippen LogP contribution in [0.4, 0.5) is 0 Å². The first kappa shape index (κ1) is 7.68. The fraction of sp³-hybridized carbons (Fsp3) is 0.143. The number of hydrogen-bond donors (Lipinski definition) is 2. The highest BCUT2D eigenvalue weighted by atomic mass is 16.1. The summed E-state index contributed by atoms with van der Waals surface area (Å²) in [6.07, 6.45) is 3.00. The van der Waals surface area contributed by atoms with Gasteiger partial charge in [0, 0.05) is 18.9 Å². The molecule has 0 bridgehead atoms. The van der Waals surface area contributed by atoms with Crippen LogP contribution in [0.2, 0.25) is 0 Å². The zero-order chi connectivity index (χ0) is 8.27. The van der Waals surface area contributed by atoms with Crippen molar-refractivity contribution in [1.29, 1.82) is 0 Å². The topological polar surface area (TPSA) is 82.0 Å². The Morgan fingerprint density at radius 2 is 2.36 bits per heavy atom. The lowest BCUT2D eigenvalue weighted by molar-refractivity contribution is 0.0999. The van der Waals surface area contributed by atoms with E-state index in [0.717, 1.165) is 5.56 Å². The predicted octanol–water partition coefficient (Wildman–Crippen LogP) is -0.361. The molecule has 1 aromatic rings. The van der Waals surface area contributed by atoms with Crippen molar-refractivity contribution in [3.8, 4) is 0 Å². The van der Waals surface area contributed by atoms with E-state index in [1.807, 2.05) is 0 Å². The average Bonchev–Trinajstić information content (AvgIpc) is 2.04. The third-order valence-corrected chi connectivity index (χ3v) is 1.40. The predicted molar refractivity (Wildman–Crippen MR) is 40.6 cm³/mol. The van der Waals surface area contributed by atoms with Crippen molar-refractivity contribution < 1.29 is 4.79 Å². The summed E-state index contributed by atoms with van der Waals surface area (Å²) in [6, 6.07) is 1.68. The van der Waals surface area contributed by atoms with Gasteiger partial charge >= 0.3 is 0 Å². The number of hydrogen-bond acceptors (Lipinski definition) is 3. The van der Waals surface area contributed by atoms with Gasteiger partial charge in [0.25, 0.3) is 5.91 Å². The van der Waals surface area contributed by atoms with E-state index in [1.54, 1.807) is 12.3 Å². The van der Waals surface area contributed by atoms with Gasteiger partial charge in [0.1, 0.15) is 0 Å². The van der Waals surface area contributed by atoms with Gasteiger partial charge in [-0.15, -0.1) is 0 Å². The van der Waals surface area contributed by atoms with Crippen molar-refractivity contribution in [2.45, 2.75) is 6.54 Å². The van der Waals surface area contributed by atoms with Gasteiger partial charge in [0.05, 0.1) is 5.56 Å². The number of rotatable bonds is 2. The Bertz CT molecular complexity index is 272. The van der Waals surface area contributed by atoms with E-state index in [4.69, 9.17) is 11.5 Å². The summed E-state index contributed by atoms with van der Waals surface area (Å²) >= 11 is 0. The van der Waals surface area contributed by atoms with Crippen LogP contribution in [0.5, 0.6) is 0 Å². The first-order valence-corrected chi connectivity index (χ1v) is 3.18. The number of carbonyl (C=O) groups excluding carboxylic acids is 1. The molecule has 4 N–H and O–H groups in total. The fourth-order valence-corrected chi connectivity index (χ4v) is 0.823. The highest BCUT2D eigenvalue weighted by Gasteiger charge is 2.04. The van der Waals surface area contributed by atoms with Crippen molar-refractivity contribution in [2.75, 3.05) is 0 Å². The molecule has 0 aliphatic rings. The van der Waals surface area contributed by atoms with Crippen molar-refractivity contribution in [3.63, 3.8) is 0 Å². The molecule has 1 amide bonds. The molecule has 0 unspecified atom stereocenters. The Morgan fingerprint density at radius 3 is 2.82 bits per heavy atom. The number of primary amides is 1. The van der Waals surface area contributed by atoms with Crippen LogP contribution in [-0.2, 0) is 6.54 Å². The second kappa shape index (κ2) is 3.12. The van der Waals surface area contributed by atoms with Crippen LogP contribution in [0.25, 0.3) is 0 Å². The average molecular weight is 151 g/mol. The number of nitrogens with zero attached hydrogens (tertiary/aromatic N) is 1. The zero-order valence-electron chi connectivity index (χ0n) is 5.95.